The topological polar surface area (TPSA) is 12.5 Å². The maximum Gasteiger partial charge on any atom is 0.0969 e. The van der Waals surface area contributed by atoms with Gasteiger partial charge in [-0.2, -0.15) is 0 Å². The first-order chi connectivity index (χ1) is 9.68. The molecule has 0 N–H and O–H groups in total. The maximum atomic E-state index is 6.32. The highest BCUT2D eigenvalue weighted by Gasteiger charge is 2.44. The Bertz CT molecular complexity index is 530. The third kappa shape index (κ3) is 2.30. The summed E-state index contributed by atoms with van der Waals surface area (Å²) >= 11 is 1.99. The minimum atomic E-state index is -0.0397. The summed E-state index contributed by atoms with van der Waals surface area (Å²) in [6, 6.07) is 2.90. The monoisotopic (exact) mass is 289 g/mol. The number of rotatable bonds is 2. The van der Waals surface area contributed by atoms with Crippen molar-refractivity contribution >= 4 is 11.3 Å². The zero-order chi connectivity index (χ0) is 14.2. The van der Waals surface area contributed by atoms with Gasteiger partial charge in [0.2, 0.25) is 0 Å². The molecule has 0 saturated carbocycles. The van der Waals surface area contributed by atoms with Crippen molar-refractivity contribution in [3.8, 4) is 12.3 Å². The summed E-state index contributed by atoms with van der Waals surface area (Å²) in [6.45, 7) is 7.19. The van der Waals surface area contributed by atoms with E-state index in [0.29, 0.717) is 6.04 Å². The average Bonchev–Trinajstić information content (AvgIpc) is 2.87. The van der Waals surface area contributed by atoms with Crippen molar-refractivity contribution in [3.63, 3.8) is 0 Å². The van der Waals surface area contributed by atoms with Crippen LogP contribution in [0, 0.1) is 12.3 Å². The van der Waals surface area contributed by atoms with Crippen LogP contribution < -0.4 is 0 Å². The van der Waals surface area contributed by atoms with E-state index in [4.69, 9.17) is 11.2 Å². The number of thiophene rings is 1. The Morgan fingerprint density at radius 2 is 2.45 bits per heavy atom. The van der Waals surface area contributed by atoms with Crippen molar-refractivity contribution in [1.82, 2.24) is 4.90 Å². The van der Waals surface area contributed by atoms with Gasteiger partial charge in [-0.3, -0.25) is 4.90 Å². The molecule has 1 saturated heterocycles. The molecule has 3 heteroatoms. The molecule has 1 fully saturated rings. The lowest BCUT2D eigenvalue weighted by molar-refractivity contribution is -0.109. The standard InChI is InChI=1S/C17H23NOS/c1-4-8-18-9-7-17(12-13(18)3)15-11-14(5-2)20-16(15)6-10-19-17/h1,11,13H,5-10,12H2,2-3H3. The van der Waals surface area contributed by atoms with Crippen LogP contribution >= 0.6 is 11.3 Å². The van der Waals surface area contributed by atoms with E-state index in [1.807, 2.05) is 11.3 Å². The summed E-state index contributed by atoms with van der Waals surface area (Å²) in [7, 11) is 0. The summed E-state index contributed by atoms with van der Waals surface area (Å²) in [4.78, 5) is 5.46. The Morgan fingerprint density at radius 1 is 1.60 bits per heavy atom. The van der Waals surface area contributed by atoms with Gasteiger partial charge in [0.1, 0.15) is 0 Å². The number of terminal acetylenes is 1. The van der Waals surface area contributed by atoms with Crippen molar-refractivity contribution in [2.24, 2.45) is 0 Å². The van der Waals surface area contributed by atoms with Crippen molar-refractivity contribution in [3.05, 3.63) is 21.4 Å². The Hall–Kier alpha value is -0.820. The van der Waals surface area contributed by atoms with Crippen LogP contribution in [0.1, 0.15) is 42.0 Å². The molecule has 0 radical (unpaired) electrons. The van der Waals surface area contributed by atoms with Crippen molar-refractivity contribution in [2.45, 2.75) is 51.2 Å². The molecule has 0 aromatic carbocycles. The molecule has 0 aliphatic carbocycles. The molecule has 3 rings (SSSR count). The number of nitrogens with zero attached hydrogens (tertiary/aromatic N) is 1. The molecule has 2 atom stereocenters. The fourth-order valence-corrected chi connectivity index (χ4v) is 4.81. The first kappa shape index (κ1) is 14.1. The largest absolute Gasteiger partial charge is 0.370 e. The average molecular weight is 289 g/mol. The van der Waals surface area contributed by atoms with Gasteiger partial charge in [-0.25, -0.2) is 0 Å². The first-order valence-electron chi connectivity index (χ1n) is 7.62. The predicted molar refractivity (Wildman–Crippen MR) is 84.1 cm³/mol. The second kappa shape index (κ2) is 5.52. The number of hydrogen-bond donors (Lipinski definition) is 0. The molecule has 108 valence electrons. The van der Waals surface area contributed by atoms with Gasteiger partial charge in [0.05, 0.1) is 18.8 Å². The van der Waals surface area contributed by atoms with Gasteiger partial charge >= 0.3 is 0 Å². The Morgan fingerprint density at radius 3 is 3.15 bits per heavy atom. The van der Waals surface area contributed by atoms with Crippen LogP contribution in [0.2, 0.25) is 0 Å². The lowest BCUT2D eigenvalue weighted by atomic mass is 9.79. The molecule has 2 aliphatic heterocycles. The fourth-order valence-electron chi connectivity index (χ4n) is 3.63. The second-order valence-electron chi connectivity index (χ2n) is 5.97. The van der Waals surface area contributed by atoms with Crippen LogP contribution in [0.25, 0.3) is 0 Å². The molecule has 2 unspecified atom stereocenters. The maximum absolute atomic E-state index is 6.32. The van der Waals surface area contributed by atoms with E-state index in [9.17, 15) is 0 Å². The summed E-state index contributed by atoms with van der Waals surface area (Å²) < 4.78 is 6.32. The molecule has 1 spiro atoms. The van der Waals surface area contributed by atoms with E-state index in [-0.39, 0.29) is 5.60 Å². The third-order valence-corrected chi connectivity index (χ3v) is 6.09. The lowest BCUT2D eigenvalue weighted by Gasteiger charge is -2.46. The summed E-state index contributed by atoms with van der Waals surface area (Å²) in [5, 5.41) is 0. The van der Waals surface area contributed by atoms with Crippen LogP contribution in [-0.4, -0.2) is 30.6 Å². The predicted octanol–water partition coefficient (Wildman–Crippen LogP) is 3.20. The number of piperidine rings is 1. The molecular formula is C17H23NOS. The molecule has 2 nitrogen and oxygen atoms in total. The number of hydrogen-bond acceptors (Lipinski definition) is 3. The molecule has 1 aromatic heterocycles. The minimum Gasteiger partial charge on any atom is -0.370 e. The van der Waals surface area contributed by atoms with Gasteiger partial charge in [-0.05, 0) is 37.8 Å². The van der Waals surface area contributed by atoms with E-state index in [0.717, 1.165) is 45.4 Å². The van der Waals surface area contributed by atoms with Crippen molar-refractivity contribution < 1.29 is 4.74 Å². The van der Waals surface area contributed by atoms with Gasteiger partial charge in [-0.15, -0.1) is 17.8 Å². The van der Waals surface area contributed by atoms with Gasteiger partial charge in [0.15, 0.2) is 0 Å². The van der Waals surface area contributed by atoms with E-state index in [1.165, 1.54) is 10.4 Å². The molecular weight excluding hydrogens is 266 g/mol. The van der Waals surface area contributed by atoms with E-state index < -0.39 is 0 Å². The first-order valence-corrected chi connectivity index (χ1v) is 8.43. The fraction of sp³-hybridized carbons (Fsp3) is 0.647. The van der Waals surface area contributed by atoms with Crippen LogP contribution in [0.15, 0.2) is 6.07 Å². The smallest absolute Gasteiger partial charge is 0.0969 e. The zero-order valence-electron chi connectivity index (χ0n) is 12.4. The number of fused-ring (bicyclic) bond motifs is 2. The molecule has 2 aliphatic rings. The number of aryl methyl sites for hydroxylation is 1. The highest BCUT2D eigenvalue weighted by atomic mass is 32.1. The molecule has 0 bridgehead atoms. The third-order valence-electron chi connectivity index (χ3n) is 4.75. The minimum absolute atomic E-state index is 0.0397. The van der Waals surface area contributed by atoms with E-state index in [2.05, 4.69) is 30.7 Å². The van der Waals surface area contributed by atoms with Gasteiger partial charge < -0.3 is 4.74 Å². The zero-order valence-corrected chi connectivity index (χ0v) is 13.3. The Labute approximate surface area is 126 Å². The van der Waals surface area contributed by atoms with Gasteiger partial charge in [0, 0.05) is 28.8 Å². The van der Waals surface area contributed by atoms with Gasteiger partial charge in [-0.1, -0.05) is 12.8 Å². The van der Waals surface area contributed by atoms with Gasteiger partial charge in [0.25, 0.3) is 0 Å². The SMILES string of the molecule is C#CCN1CCC2(CC1C)OCCc1sc(CC)cc12. The van der Waals surface area contributed by atoms with E-state index >= 15 is 0 Å². The number of likely N-dealkylation sites (tertiary alicyclic amines) is 1. The summed E-state index contributed by atoms with van der Waals surface area (Å²) in [5.74, 6) is 2.78. The highest BCUT2D eigenvalue weighted by Crippen LogP contribution is 2.46. The van der Waals surface area contributed by atoms with E-state index in [1.54, 1.807) is 4.88 Å². The molecule has 0 amide bonds. The summed E-state index contributed by atoms with van der Waals surface area (Å²) in [6.07, 6.45) is 9.83. The Kier molecular flexibility index (Phi) is 3.90. The number of ether oxygens (including phenoxy) is 1. The van der Waals surface area contributed by atoms with Crippen LogP contribution in [-0.2, 0) is 23.2 Å². The Balaban J connectivity index is 1.88. The lowest BCUT2D eigenvalue weighted by Crippen LogP contribution is -2.50. The quantitative estimate of drug-likeness (QED) is 0.775. The van der Waals surface area contributed by atoms with Crippen molar-refractivity contribution in [2.75, 3.05) is 19.7 Å². The highest BCUT2D eigenvalue weighted by molar-refractivity contribution is 7.12. The second-order valence-corrected chi connectivity index (χ2v) is 7.19. The van der Waals surface area contributed by atoms with Crippen LogP contribution in [0.3, 0.4) is 0 Å². The van der Waals surface area contributed by atoms with Crippen molar-refractivity contribution in [1.29, 1.82) is 0 Å². The van der Waals surface area contributed by atoms with Crippen LogP contribution in [0.5, 0.6) is 0 Å². The summed E-state index contributed by atoms with van der Waals surface area (Å²) in [5.41, 5.74) is 1.44. The molecule has 1 aromatic rings. The molecule has 3 heterocycles. The molecule has 20 heavy (non-hydrogen) atoms. The van der Waals surface area contributed by atoms with Crippen LogP contribution in [0.4, 0.5) is 0 Å². The normalized spacial score (nSPS) is 30.1.